The first-order valence-corrected chi connectivity index (χ1v) is 14.8. The molecule has 0 heterocycles. The highest BCUT2D eigenvalue weighted by Gasteiger charge is 2.33. The van der Waals surface area contributed by atoms with E-state index in [2.05, 4.69) is 5.32 Å². The lowest BCUT2D eigenvalue weighted by molar-refractivity contribution is -0.139. The molecule has 0 aromatic heterocycles. The number of sulfonamides is 1. The topological polar surface area (TPSA) is 86.8 Å². The number of benzene rings is 3. The summed E-state index contributed by atoms with van der Waals surface area (Å²) in [6, 6.07) is 15.1. The molecular formula is C28H30Cl3N3O4S. The summed E-state index contributed by atoms with van der Waals surface area (Å²) in [6.07, 6.45) is 0. The van der Waals surface area contributed by atoms with Crippen molar-refractivity contribution in [2.24, 2.45) is 0 Å². The van der Waals surface area contributed by atoms with E-state index in [4.69, 9.17) is 34.8 Å². The van der Waals surface area contributed by atoms with E-state index in [9.17, 15) is 18.0 Å². The third kappa shape index (κ3) is 7.25. The third-order valence-corrected chi connectivity index (χ3v) is 8.95. The average molecular weight is 611 g/mol. The number of carbonyl (C=O) groups is 2. The van der Waals surface area contributed by atoms with Crippen LogP contribution in [0.3, 0.4) is 0 Å². The van der Waals surface area contributed by atoms with E-state index < -0.39 is 34.4 Å². The van der Waals surface area contributed by atoms with E-state index in [-0.39, 0.29) is 17.1 Å². The molecule has 1 N–H and O–H groups in total. The van der Waals surface area contributed by atoms with Gasteiger partial charge in [-0.05, 0) is 69.7 Å². The van der Waals surface area contributed by atoms with Crippen LogP contribution in [0.1, 0.15) is 30.5 Å². The lowest BCUT2D eigenvalue weighted by Gasteiger charge is -2.32. The summed E-state index contributed by atoms with van der Waals surface area (Å²) < 4.78 is 28.9. The first-order chi connectivity index (χ1) is 18.4. The van der Waals surface area contributed by atoms with Gasteiger partial charge in [0.25, 0.3) is 10.0 Å². The van der Waals surface area contributed by atoms with Crippen molar-refractivity contribution in [1.29, 1.82) is 0 Å². The zero-order valence-electron chi connectivity index (χ0n) is 22.0. The predicted molar refractivity (Wildman–Crippen MR) is 157 cm³/mol. The molecule has 3 aromatic carbocycles. The summed E-state index contributed by atoms with van der Waals surface area (Å²) >= 11 is 19.0. The fourth-order valence-electron chi connectivity index (χ4n) is 3.96. The van der Waals surface area contributed by atoms with Gasteiger partial charge in [0.2, 0.25) is 11.8 Å². The molecule has 0 radical (unpaired) electrons. The number of amides is 2. The summed E-state index contributed by atoms with van der Waals surface area (Å²) in [5.41, 5.74) is 2.17. The Labute approximate surface area is 244 Å². The zero-order chi connectivity index (χ0) is 28.9. The van der Waals surface area contributed by atoms with Crippen LogP contribution in [-0.2, 0) is 26.2 Å². The minimum atomic E-state index is -4.21. The molecule has 0 bridgehead atoms. The molecule has 0 aliphatic heterocycles. The third-order valence-electron chi connectivity index (χ3n) is 6.24. The Bertz CT molecular complexity index is 1440. The molecule has 208 valence electrons. The molecule has 1 atom stereocenters. The summed E-state index contributed by atoms with van der Waals surface area (Å²) in [4.78, 5) is 28.1. The van der Waals surface area contributed by atoms with E-state index >= 15 is 0 Å². The summed E-state index contributed by atoms with van der Waals surface area (Å²) in [5.74, 6) is -1.03. The molecule has 2 amide bonds. The van der Waals surface area contributed by atoms with Crippen molar-refractivity contribution in [3.63, 3.8) is 0 Å². The van der Waals surface area contributed by atoms with E-state index in [1.165, 1.54) is 23.1 Å². The highest BCUT2D eigenvalue weighted by Crippen LogP contribution is 2.31. The minimum absolute atomic E-state index is 0.0118. The van der Waals surface area contributed by atoms with Gasteiger partial charge in [-0.2, -0.15) is 0 Å². The van der Waals surface area contributed by atoms with Gasteiger partial charge in [0.15, 0.2) is 0 Å². The van der Waals surface area contributed by atoms with Gasteiger partial charge in [-0.25, -0.2) is 8.42 Å². The second-order valence-electron chi connectivity index (χ2n) is 9.05. The van der Waals surface area contributed by atoms with Crippen molar-refractivity contribution in [3.8, 4) is 0 Å². The molecule has 11 heteroatoms. The quantitative estimate of drug-likeness (QED) is 0.305. The number of aryl methyl sites for hydroxylation is 2. The Morgan fingerprint density at radius 2 is 1.56 bits per heavy atom. The fraction of sp³-hybridized carbons (Fsp3) is 0.286. The Hall–Kier alpha value is -2.78. The maximum Gasteiger partial charge on any atom is 0.264 e. The number of hydrogen-bond donors (Lipinski definition) is 1. The van der Waals surface area contributed by atoms with Gasteiger partial charge in [-0.1, -0.05) is 64.6 Å². The molecule has 0 unspecified atom stereocenters. The van der Waals surface area contributed by atoms with Crippen molar-refractivity contribution in [2.75, 3.05) is 17.4 Å². The van der Waals surface area contributed by atoms with Crippen molar-refractivity contribution >= 4 is 62.3 Å². The molecule has 3 rings (SSSR count). The second-order valence-corrected chi connectivity index (χ2v) is 12.2. The smallest absolute Gasteiger partial charge is 0.264 e. The van der Waals surface area contributed by atoms with Crippen LogP contribution in [0.5, 0.6) is 0 Å². The molecule has 39 heavy (non-hydrogen) atoms. The number of hydrogen-bond acceptors (Lipinski definition) is 4. The van der Waals surface area contributed by atoms with Crippen LogP contribution in [-0.4, -0.2) is 44.3 Å². The van der Waals surface area contributed by atoms with Crippen LogP contribution in [0.25, 0.3) is 0 Å². The first-order valence-electron chi connectivity index (χ1n) is 12.2. The second kappa shape index (κ2) is 13.0. The van der Waals surface area contributed by atoms with E-state index in [1.807, 2.05) is 6.92 Å². The molecule has 0 saturated carbocycles. The lowest BCUT2D eigenvalue weighted by atomic mass is 10.1. The summed E-state index contributed by atoms with van der Waals surface area (Å²) in [7, 11) is -4.21. The molecule has 0 fully saturated rings. The maximum absolute atomic E-state index is 14.0. The molecule has 0 aliphatic rings. The standard InChI is InChI=1S/C28H30Cl3N3O4S/c1-5-32-28(36)20(4)33(16-23-24(30)7-6-8-25(23)31)27(35)17-34(26-15-21(29)12-11-19(26)3)39(37,38)22-13-9-18(2)10-14-22/h6-15,20H,5,16-17H2,1-4H3,(H,32,36)/t20-/m0/s1. The van der Waals surface area contributed by atoms with Gasteiger partial charge in [0.1, 0.15) is 12.6 Å². The molecule has 7 nitrogen and oxygen atoms in total. The van der Waals surface area contributed by atoms with Gasteiger partial charge in [0.05, 0.1) is 10.6 Å². The van der Waals surface area contributed by atoms with Crippen molar-refractivity contribution in [2.45, 2.75) is 45.2 Å². The van der Waals surface area contributed by atoms with Gasteiger partial charge in [-0.15, -0.1) is 0 Å². The fourth-order valence-corrected chi connectivity index (χ4v) is 6.11. The average Bonchev–Trinajstić information content (AvgIpc) is 2.88. The van der Waals surface area contributed by atoms with Crippen LogP contribution in [0.15, 0.2) is 65.6 Å². The predicted octanol–water partition coefficient (Wildman–Crippen LogP) is 6.01. The molecule has 0 aliphatic carbocycles. The number of likely N-dealkylation sites (N-methyl/N-ethyl adjacent to an activating group) is 1. The van der Waals surface area contributed by atoms with Gasteiger partial charge < -0.3 is 10.2 Å². The number of carbonyl (C=O) groups excluding carboxylic acids is 2. The monoisotopic (exact) mass is 609 g/mol. The minimum Gasteiger partial charge on any atom is -0.355 e. The van der Waals surface area contributed by atoms with Crippen molar-refractivity contribution in [1.82, 2.24) is 10.2 Å². The Morgan fingerprint density at radius 3 is 2.15 bits per heavy atom. The van der Waals surface area contributed by atoms with E-state index in [0.29, 0.717) is 32.7 Å². The normalized spacial score (nSPS) is 12.1. The number of nitrogens with zero attached hydrogens (tertiary/aromatic N) is 2. The Morgan fingerprint density at radius 1 is 0.949 bits per heavy atom. The zero-order valence-corrected chi connectivity index (χ0v) is 25.1. The largest absolute Gasteiger partial charge is 0.355 e. The van der Waals surface area contributed by atoms with Crippen molar-refractivity contribution in [3.05, 3.63) is 92.4 Å². The Kier molecular flexibility index (Phi) is 10.3. The number of anilines is 1. The molecular weight excluding hydrogens is 581 g/mol. The van der Waals surface area contributed by atoms with Crippen LogP contribution < -0.4 is 9.62 Å². The van der Waals surface area contributed by atoms with E-state index in [1.54, 1.807) is 63.2 Å². The van der Waals surface area contributed by atoms with Crippen LogP contribution in [0, 0.1) is 13.8 Å². The lowest BCUT2D eigenvalue weighted by Crippen LogP contribution is -2.51. The molecule has 0 saturated heterocycles. The highest BCUT2D eigenvalue weighted by molar-refractivity contribution is 7.92. The SMILES string of the molecule is CCNC(=O)[C@H](C)N(Cc1c(Cl)cccc1Cl)C(=O)CN(c1cc(Cl)ccc1C)S(=O)(=O)c1ccc(C)cc1. The molecule has 0 spiro atoms. The molecule has 3 aromatic rings. The van der Waals surface area contributed by atoms with Crippen LogP contribution in [0.2, 0.25) is 15.1 Å². The van der Waals surface area contributed by atoms with Crippen LogP contribution >= 0.6 is 34.8 Å². The van der Waals surface area contributed by atoms with Gasteiger partial charge >= 0.3 is 0 Å². The summed E-state index contributed by atoms with van der Waals surface area (Å²) in [5, 5.41) is 3.65. The van der Waals surface area contributed by atoms with Crippen molar-refractivity contribution < 1.29 is 18.0 Å². The van der Waals surface area contributed by atoms with Crippen LogP contribution in [0.4, 0.5) is 5.69 Å². The van der Waals surface area contributed by atoms with Gasteiger partial charge in [-0.3, -0.25) is 13.9 Å². The number of nitrogens with one attached hydrogen (secondary N) is 1. The highest BCUT2D eigenvalue weighted by atomic mass is 35.5. The summed E-state index contributed by atoms with van der Waals surface area (Å²) in [6.45, 7) is 6.56. The first kappa shape index (κ1) is 30.8. The maximum atomic E-state index is 14.0. The van der Waals surface area contributed by atoms with Gasteiger partial charge in [0, 0.05) is 33.7 Å². The number of halogens is 3. The number of rotatable bonds is 10. The van der Waals surface area contributed by atoms with E-state index in [0.717, 1.165) is 9.87 Å². The Balaban J connectivity index is 2.11.